The number of anilines is 2. The fourth-order valence-electron chi connectivity index (χ4n) is 3.34. The molecule has 5 rings (SSSR count). The number of para-hydroxylation sites is 1. The number of rotatable bonds is 3. The molecule has 29 heavy (non-hydrogen) atoms. The smallest absolute Gasteiger partial charge is 0.283 e. The lowest BCUT2D eigenvalue weighted by Gasteiger charge is -2.10. The lowest BCUT2D eigenvalue weighted by molar-refractivity contribution is 0.917. The minimum absolute atomic E-state index is 0.217. The van der Waals surface area contributed by atoms with Gasteiger partial charge < -0.3 is 5.32 Å². The monoisotopic (exact) mass is 401 g/mol. The van der Waals surface area contributed by atoms with E-state index in [4.69, 9.17) is 16.6 Å². The number of benzene rings is 3. The van der Waals surface area contributed by atoms with Crippen molar-refractivity contribution < 1.29 is 0 Å². The first-order valence-electron chi connectivity index (χ1n) is 9.10. The Morgan fingerprint density at radius 2 is 1.76 bits per heavy atom. The molecule has 6 nitrogen and oxygen atoms in total. The molecule has 0 aliphatic rings. The molecule has 0 amide bonds. The number of nitrogens with zero attached hydrogens (tertiary/aromatic N) is 4. The minimum Gasteiger partial charge on any atom is -0.324 e. The van der Waals surface area contributed by atoms with Crippen LogP contribution in [0.2, 0.25) is 5.02 Å². The van der Waals surface area contributed by atoms with E-state index in [-0.39, 0.29) is 5.56 Å². The molecule has 142 valence electrons. The third-order valence-corrected chi connectivity index (χ3v) is 4.95. The van der Waals surface area contributed by atoms with E-state index in [0.29, 0.717) is 27.7 Å². The van der Waals surface area contributed by atoms with Crippen LogP contribution >= 0.6 is 11.6 Å². The first-order chi connectivity index (χ1) is 14.1. The van der Waals surface area contributed by atoms with E-state index in [1.54, 1.807) is 18.2 Å². The SMILES string of the molecule is Cc1cccc(Nc2nn3c(=O)c4ccccc4nc3n2-c2ccc(Cl)cc2)c1. The summed E-state index contributed by atoms with van der Waals surface area (Å²) >= 11 is 6.07. The summed E-state index contributed by atoms with van der Waals surface area (Å²) in [5.41, 5.74) is 3.18. The number of aromatic nitrogens is 4. The topological polar surface area (TPSA) is 64.2 Å². The molecule has 0 fully saturated rings. The van der Waals surface area contributed by atoms with E-state index < -0.39 is 0 Å². The first kappa shape index (κ1) is 17.5. The lowest BCUT2D eigenvalue weighted by Crippen LogP contribution is -2.16. The second-order valence-corrected chi connectivity index (χ2v) is 7.21. The van der Waals surface area contributed by atoms with Gasteiger partial charge in [0.2, 0.25) is 11.7 Å². The molecular weight excluding hydrogens is 386 g/mol. The fourth-order valence-corrected chi connectivity index (χ4v) is 3.47. The molecule has 0 aliphatic carbocycles. The van der Waals surface area contributed by atoms with Gasteiger partial charge in [-0.3, -0.25) is 4.79 Å². The Morgan fingerprint density at radius 3 is 2.55 bits per heavy atom. The van der Waals surface area contributed by atoms with Crippen molar-refractivity contribution in [3.63, 3.8) is 0 Å². The lowest BCUT2D eigenvalue weighted by atomic mass is 10.2. The largest absolute Gasteiger partial charge is 0.324 e. The molecule has 0 saturated carbocycles. The summed E-state index contributed by atoms with van der Waals surface area (Å²) in [4.78, 5) is 17.8. The van der Waals surface area contributed by atoms with Gasteiger partial charge in [0.1, 0.15) is 0 Å². The van der Waals surface area contributed by atoms with Crippen molar-refractivity contribution in [1.82, 2.24) is 19.2 Å². The van der Waals surface area contributed by atoms with Crippen molar-refractivity contribution in [3.8, 4) is 5.69 Å². The number of fused-ring (bicyclic) bond motifs is 2. The molecule has 0 unspecified atom stereocenters. The van der Waals surface area contributed by atoms with Crippen LogP contribution < -0.4 is 10.9 Å². The van der Waals surface area contributed by atoms with Gasteiger partial charge in [-0.1, -0.05) is 35.9 Å². The Bertz CT molecular complexity index is 1420. The number of hydrogen-bond donors (Lipinski definition) is 1. The van der Waals surface area contributed by atoms with Crippen LogP contribution in [0.5, 0.6) is 0 Å². The van der Waals surface area contributed by atoms with E-state index in [1.807, 2.05) is 66.1 Å². The quantitative estimate of drug-likeness (QED) is 0.474. The minimum atomic E-state index is -0.217. The Hall–Kier alpha value is -3.64. The van der Waals surface area contributed by atoms with Crippen molar-refractivity contribution >= 4 is 39.9 Å². The maximum absolute atomic E-state index is 13.0. The third kappa shape index (κ3) is 3.03. The Kier molecular flexibility index (Phi) is 4.07. The average molecular weight is 402 g/mol. The molecule has 2 aromatic heterocycles. The summed E-state index contributed by atoms with van der Waals surface area (Å²) in [6, 6.07) is 22.5. The molecule has 0 saturated heterocycles. The number of nitrogens with one attached hydrogen (secondary N) is 1. The van der Waals surface area contributed by atoms with E-state index in [9.17, 15) is 4.79 Å². The maximum atomic E-state index is 13.0. The molecule has 0 bridgehead atoms. The number of aryl methyl sites for hydroxylation is 1. The molecule has 2 heterocycles. The zero-order chi connectivity index (χ0) is 20.0. The van der Waals surface area contributed by atoms with Crippen molar-refractivity contribution in [2.45, 2.75) is 6.92 Å². The summed E-state index contributed by atoms with van der Waals surface area (Å²) in [5, 5.41) is 9.01. The number of hydrogen-bond acceptors (Lipinski definition) is 4. The van der Waals surface area contributed by atoms with Gasteiger partial charge in [-0.15, -0.1) is 5.10 Å². The van der Waals surface area contributed by atoms with Gasteiger partial charge in [0, 0.05) is 10.7 Å². The van der Waals surface area contributed by atoms with Crippen molar-refractivity contribution in [1.29, 1.82) is 0 Å². The molecule has 5 aromatic rings. The molecule has 1 N–H and O–H groups in total. The predicted molar refractivity (Wildman–Crippen MR) is 116 cm³/mol. The van der Waals surface area contributed by atoms with Crippen LogP contribution in [-0.4, -0.2) is 19.2 Å². The molecule has 0 radical (unpaired) electrons. The molecule has 0 spiro atoms. The van der Waals surface area contributed by atoms with Crippen molar-refractivity contribution in [2.24, 2.45) is 0 Å². The summed E-state index contributed by atoms with van der Waals surface area (Å²) in [6.07, 6.45) is 0. The molecule has 0 atom stereocenters. The molecule has 0 aliphatic heterocycles. The predicted octanol–water partition coefficient (Wildman–Crippen LogP) is 4.74. The van der Waals surface area contributed by atoms with Crippen LogP contribution in [0.3, 0.4) is 0 Å². The van der Waals surface area contributed by atoms with Gasteiger partial charge >= 0.3 is 0 Å². The molecule has 3 aromatic carbocycles. The van der Waals surface area contributed by atoms with Gasteiger partial charge in [0.15, 0.2) is 0 Å². The highest BCUT2D eigenvalue weighted by Crippen LogP contribution is 2.24. The van der Waals surface area contributed by atoms with Gasteiger partial charge in [-0.25, -0.2) is 9.55 Å². The van der Waals surface area contributed by atoms with Gasteiger partial charge in [-0.05, 0) is 61.0 Å². The van der Waals surface area contributed by atoms with Crippen LogP contribution in [0.15, 0.2) is 77.6 Å². The first-order valence-corrected chi connectivity index (χ1v) is 9.48. The summed E-state index contributed by atoms with van der Waals surface area (Å²) < 4.78 is 3.14. The summed E-state index contributed by atoms with van der Waals surface area (Å²) in [5.74, 6) is 0.906. The molecular formula is C22H16ClN5O. The third-order valence-electron chi connectivity index (χ3n) is 4.70. The van der Waals surface area contributed by atoms with Gasteiger partial charge in [0.25, 0.3) is 5.56 Å². The van der Waals surface area contributed by atoms with Crippen LogP contribution in [0.4, 0.5) is 11.6 Å². The summed E-state index contributed by atoms with van der Waals surface area (Å²) in [7, 11) is 0. The normalized spacial score (nSPS) is 11.2. The van der Waals surface area contributed by atoms with Crippen molar-refractivity contribution in [2.75, 3.05) is 5.32 Å². The van der Waals surface area contributed by atoms with Crippen LogP contribution in [-0.2, 0) is 0 Å². The number of halogens is 1. The van der Waals surface area contributed by atoms with E-state index in [0.717, 1.165) is 16.9 Å². The van der Waals surface area contributed by atoms with Crippen LogP contribution in [0.25, 0.3) is 22.4 Å². The highest BCUT2D eigenvalue weighted by molar-refractivity contribution is 6.30. The second kappa shape index (κ2) is 6.76. The zero-order valence-corrected chi connectivity index (χ0v) is 16.3. The van der Waals surface area contributed by atoms with Crippen LogP contribution in [0.1, 0.15) is 5.56 Å². The van der Waals surface area contributed by atoms with Crippen LogP contribution in [0, 0.1) is 6.92 Å². The van der Waals surface area contributed by atoms with Gasteiger partial charge in [0.05, 0.1) is 16.6 Å². The Balaban J connectivity index is 1.81. The van der Waals surface area contributed by atoms with Gasteiger partial charge in [-0.2, -0.15) is 4.52 Å². The fraction of sp³-hybridized carbons (Fsp3) is 0.0455. The average Bonchev–Trinajstić information content (AvgIpc) is 3.07. The Morgan fingerprint density at radius 1 is 0.966 bits per heavy atom. The zero-order valence-electron chi connectivity index (χ0n) is 15.5. The van der Waals surface area contributed by atoms with E-state index >= 15 is 0 Å². The van der Waals surface area contributed by atoms with Crippen molar-refractivity contribution in [3.05, 3.63) is 93.7 Å². The van der Waals surface area contributed by atoms with E-state index in [1.165, 1.54) is 4.52 Å². The Labute approximate surface area is 171 Å². The highest BCUT2D eigenvalue weighted by atomic mass is 35.5. The molecule has 7 heteroatoms. The summed E-state index contributed by atoms with van der Waals surface area (Å²) in [6.45, 7) is 2.02. The highest BCUT2D eigenvalue weighted by Gasteiger charge is 2.17. The van der Waals surface area contributed by atoms with E-state index in [2.05, 4.69) is 10.4 Å². The second-order valence-electron chi connectivity index (χ2n) is 6.78. The standard InChI is InChI=1S/C22H16ClN5O/c1-14-5-4-6-16(13-14)24-21-26-28-20(29)18-7-2-3-8-19(18)25-22(28)27(21)17-11-9-15(23)10-12-17/h2-13H,1H3,(H,24,26). The maximum Gasteiger partial charge on any atom is 0.283 e.